The molecule has 0 radical (unpaired) electrons. The SMILES string of the molecule is CC(C)N(C)S(=O)(=O)c1ccc(Cl)c(C(=O)NCCN2CCN(Cc3ccccc3)CC2)c1. The van der Waals surface area contributed by atoms with E-state index in [1.165, 1.54) is 35.1 Å². The Morgan fingerprint density at radius 3 is 2.33 bits per heavy atom. The number of amides is 1. The number of rotatable bonds is 9. The van der Waals surface area contributed by atoms with Crippen LogP contribution in [0.15, 0.2) is 53.4 Å². The molecule has 1 aliphatic heterocycles. The third-order valence-corrected chi connectivity index (χ3v) is 8.37. The first-order valence-electron chi connectivity index (χ1n) is 11.2. The number of halogens is 1. The molecule has 1 aliphatic rings. The van der Waals surface area contributed by atoms with Crippen LogP contribution in [0.2, 0.25) is 5.02 Å². The van der Waals surface area contributed by atoms with E-state index in [1.54, 1.807) is 13.8 Å². The van der Waals surface area contributed by atoms with Crippen molar-refractivity contribution in [3.63, 3.8) is 0 Å². The summed E-state index contributed by atoms with van der Waals surface area (Å²) >= 11 is 6.21. The molecule has 1 fully saturated rings. The number of nitrogens with zero attached hydrogens (tertiary/aromatic N) is 3. The van der Waals surface area contributed by atoms with E-state index in [0.29, 0.717) is 6.54 Å². The third kappa shape index (κ3) is 6.77. The lowest BCUT2D eigenvalue weighted by atomic mass is 10.2. The molecule has 33 heavy (non-hydrogen) atoms. The maximum atomic E-state index is 12.8. The Morgan fingerprint density at radius 2 is 1.70 bits per heavy atom. The molecule has 2 aromatic rings. The largest absolute Gasteiger partial charge is 0.351 e. The van der Waals surface area contributed by atoms with Crippen LogP contribution < -0.4 is 5.32 Å². The lowest BCUT2D eigenvalue weighted by Crippen LogP contribution is -2.48. The molecule has 9 heteroatoms. The van der Waals surface area contributed by atoms with E-state index in [1.807, 2.05) is 6.07 Å². The molecule has 0 unspecified atom stereocenters. The Labute approximate surface area is 202 Å². The lowest BCUT2D eigenvalue weighted by Gasteiger charge is -2.34. The first kappa shape index (κ1) is 25.6. The molecular weight excluding hydrogens is 460 g/mol. The second-order valence-corrected chi connectivity index (χ2v) is 11.0. The van der Waals surface area contributed by atoms with Gasteiger partial charge in [-0.2, -0.15) is 4.31 Å². The van der Waals surface area contributed by atoms with Gasteiger partial charge in [0.2, 0.25) is 10.0 Å². The Hall–Kier alpha value is -1.97. The first-order chi connectivity index (χ1) is 15.7. The number of hydrogen-bond donors (Lipinski definition) is 1. The van der Waals surface area contributed by atoms with Crippen LogP contribution in [0.4, 0.5) is 0 Å². The molecule has 1 amide bonds. The van der Waals surface area contributed by atoms with Crippen molar-refractivity contribution < 1.29 is 13.2 Å². The van der Waals surface area contributed by atoms with Crippen LogP contribution in [0.25, 0.3) is 0 Å². The predicted molar refractivity (Wildman–Crippen MR) is 132 cm³/mol. The molecule has 3 rings (SSSR count). The van der Waals surface area contributed by atoms with E-state index in [2.05, 4.69) is 39.4 Å². The van der Waals surface area contributed by atoms with Crippen molar-refractivity contribution in [2.75, 3.05) is 46.3 Å². The summed E-state index contributed by atoms with van der Waals surface area (Å²) in [5.41, 5.74) is 1.49. The van der Waals surface area contributed by atoms with Gasteiger partial charge in [-0.15, -0.1) is 0 Å². The highest BCUT2D eigenvalue weighted by atomic mass is 35.5. The van der Waals surface area contributed by atoms with Crippen molar-refractivity contribution in [3.8, 4) is 0 Å². The normalized spacial score (nSPS) is 15.8. The number of carbonyl (C=O) groups is 1. The molecule has 7 nitrogen and oxygen atoms in total. The van der Waals surface area contributed by atoms with Gasteiger partial charge in [-0.05, 0) is 37.6 Å². The van der Waals surface area contributed by atoms with E-state index < -0.39 is 10.0 Å². The van der Waals surface area contributed by atoms with Gasteiger partial charge in [0.15, 0.2) is 0 Å². The molecule has 0 aromatic heterocycles. The van der Waals surface area contributed by atoms with Gasteiger partial charge in [0.1, 0.15) is 0 Å². The number of sulfonamides is 1. The van der Waals surface area contributed by atoms with Crippen molar-refractivity contribution in [1.82, 2.24) is 19.4 Å². The fourth-order valence-electron chi connectivity index (χ4n) is 3.72. The van der Waals surface area contributed by atoms with E-state index in [-0.39, 0.29) is 27.4 Å². The van der Waals surface area contributed by atoms with Gasteiger partial charge in [-0.3, -0.25) is 14.6 Å². The zero-order valence-corrected chi connectivity index (χ0v) is 21.1. The number of piperazine rings is 1. The van der Waals surface area contributed by atoms with Gasteiger partial charge in [-0.1, -0.05) is 41.9 Å². The van der Waals surface area contributed by atoms with Gasteiger partial charge in [-0.25, -0.2) is 8.42 Å². The minimum atomic E-state index is -3.69. The third-order valence-electron chi connectivity index (χ3n) is 6.01. The molecule has 0 spiro atoms. The minimum absolute atomic E-state index is 0.0581. The molecule has 2 aromatic carbocycles. The van der Waals surface area contributed by atoms with Gasteiger partial charge in [0.05, 0.1) is 15.5 Å². The van der Waals surface area contributed by atoms with Crippen molar-refractivity contribution in [1.29, 1.82) is 0 Å². The van der Waals surface area contributed by atoms with Crippen LogP contribution in [0.5, 0.6) is 0 Å². The van der Waals surface area contributed by atoms with Crippen molar-refractivity contribution >= 4 is 27.5 Å². The summed E-state index contributed by atoms with van der Waals surface area (Å²) in [4.78, 5) is 17.5. The summed E-state index contributed by atoms with van der Waals surface area (Å²) in [6.07, 6.45) is 0. The molecule has 0 saturated carbocycles. The maximum absolute atomic E-state index is 12.8. The van der Waals surface area contributed by atoms with Crippen LogP contribution in [0.1, 0.15) is 29.8 Å². The molecule has 0 aliphatic carbocycles. The highest BCUT2D eigenvalue weighted by molar-refractivity contribution is 7.89. The lowest BCUT2D eigenvalue weighted by molar-refractivity contribution is 0.0934. The molecule has 180 valence electrons. The second kappa shape index (κ2) is 11.4. The van der Waals surface area contributed by atoms with Crippen LogP contribution >= 0.6 is 11.6 Å². The van der Waals surface area contributed by atoms with Gasteiger partial charge in [0.25, 0.3) is 5.91 Å². The van der Waals surface area contributed by atoms with E-state index in [0.717, 1.165) is 39.3 Å². The van der Waals surface area contributed by atoms with E-state index >= 15 is 0 Å². The summed E-state index contributed by atoms with van der Waals surface area (Å²) in [6, 6.07) is 14.5. The van der Waals surface area contributed by atoms with Gasteiger partial charge >= 0.3 is 0 Å². The van der Waals surface area contributed by atoms with Crippen LogP contribution in [0, 0.1) is 0 Å². The van der Waals surface area contributed by atoms with Crippen molar-refractivity contribution in [2.24, 2.45) is 0 Å². The summed E-state index contributed by atoms with van der Waals surface area (Å²) in [5.74, 6) is -0.369. The number of benzene rings is 2. The Morgan fingerprint density at radius 1 is 1.06 bits per heavy atom. The van der Waals surface area contributed by atoms with Crippen molar-refractivity contribution in [3.05, 3.63) is 64.7 Å². The maximum Gasteiger partial charge on any atom is 0.252 e. The summed E-state index contributed by atoms with van der Waals surface area (Å²) in [6.45, 7) is 9.60. The fourth-order valence-corrected chi connectivity index (χ4v) is 5.32. The van der Waals surface area contributed by atoms with Crippen LogP contribution in [0.3, 0.4) is 0 Å². The predicted octanol–water partition coefficient (Wildman–Crippen LogP) is 2.92. The average molecular weight is 493 g/mol. The van der Waals surface area contributed by atoms with E-state index in [9.17, 15) is 13.2 Å². The van der Waals surface area contributed by atoms with Crippen molar-refractivity contribution in [2.45, 2.75) is 31.3 Å². The molecule has 0 bridgehead atoms. The molecular formula is C24H33ClN4O3S. The number of hydrogen-bond acceptors (Lipinski definition) is 5. The molecule has 1 saturated heterocycles. The smallest absolute Gasteiger partial charge is 0.252 e. The topological polar surface area (TPSA) is 73.0 Å². The monoisotopic (exact) mass is 492 g/mol. The molecule has 1 N–H and O–H groups in total. The highest BCUT2D eigenvalue weighted by Gasteiger charge is 2.25. The number of carbonyl (C=O) groups excluding carboxylic acids is 1. The first-order valence-corrected chi connectivity index (χ1v) is 13.0. The average Bonchev–Trinajstić information content (AvgIpc) is 2.80. The Kier molecular flexibility index (Phi) is 8.89. The fraction of sp³-hybridized carbons (Fsp3) is 0.458. The van der Waals surface area contributed by atoms with Crippen LogP contribution in [-0.2, 0) is 16.6 Å². The summed E-state index contributed by atoms with van der Waals surface area (Å²) in [7, 11) is -2.17. The van der Waals surface area contributed by atoms with E-state index in [4.69, 9.17) is 11.6 Å². The minimum Gasteiger partial charge on any atom is -0.351 e. The van der Waals surface area contributed by atoms with Gasteiger partial charge < -0.3 is 5.32 Å². The quantitative estimate of drug-likeness (QED) is 0.582. The summed E-state index contributed by atoms with van der Waals surface area (Å²) in [5, 5.41) is 3.11. The number of nitrogens with one attached hydrogen (secondary N) is 1. The zero-order chi connectivity index (χ0) is 24.0. The summed E-state index contributed by atoms with van der Waals surface area (Å²) < 4.78 is 26.8. The molecule has 0 atom stereocenters. The standard InChI is InChI=1S/C24H33ClN4O3S/c1-19(2)27(3)33(31,32)21-9-10-23(25)22(17-21)24(30)26-11-12-28-13-15-29(16-14-28)18-20-7-5-4-6-8-20/h4-10,17,19H,11-16,18H2,1-3H3,(H,26,30). The molecule has 1 heterocycles. The van der Waals surface area contributed by atoms with Crippen LogP contribution in [-0.4, -0.2) is 80.8 Å². The highest BCUT2D eigenvalue weighted by Crippen LogP contribution is 2.23. The Balaban J connectivity index is 1.50. The second-order valence-electron chi connectivity index (χ2n) is 8.62. The zero-order valence-electron chi connectivity index (χ0n) is 19.5. The Bertz CT molecular complexity index is 1040. The van der Waals surface area contributed by atoms with Gasteiger partial charge in [0, 0.05) is 58.9 Å².